The minimum atomic E-state index is -0.212. The Morgan fingerprint density at radius 1 is 1.31 bits per heavy atom. The molecule has 1 nitrogen and oxygen atoms in total. The highest BCUT2D eigenvalue weighted by atomic mass is 127. The Bertz CT molecular complexity index is 468. The summed E-state index contributed by atoms with van der Waals surface area (Å²) in [6, 6.07) is 6.61. The molecule has 0 saturated heterocycles. The number of hydrogen-bond donors (Lipinski definition) is 0. The second-order valence-electron chi connectivity index (χ2n) is 2.91. The van der Waals surface area contributed by atoms with E-state index in [1.807, 2.05) is 13.0 Å². The fraction of sp³-hybridized carbons (Fsp3) is 0.100. The van der Waals surface area contributed by atoms with Gasteiger partial charge in [0.1, 0.15) is 5.82 Å². The second-order valence-corrected chi connectivity index (χ2v) is 4.07. The summed E-state index contributed by atoms with van der Waals surface area (Å²) in [5, 5.41) is 0.881. The number of rotatable bonds is 0. The zero-order chi connectivity index (χ0) is 9.42. The van der Waals surface area contributed by atoms with Gasteiger partial charge in [0.25, 0.3) is 0 Å². The van der Waals surface area contributed by atoms with E-state index in [0.29, 0.717) is 0 Å². The van der Waals surface area contributed by atoms with Gasteiger partial charge in [-0.2, -0.15) is 0 Å². The topological polar surface area (TPSA) is 12.9 Å². The fourth-order valence-corrected chi connectivity index (χ4v) is 2.16. The molecule has 0 atom stereocenters. The van der Waals surface area contributed by atoms with E-state index in [2.05, 4.69) is 27.6 Å². The first-order chi connectivity index (χ1) is 6.16. The number of fused-ring (bicyclic) bond motifs is 1. The van der Waals surface area contributed by atoms with Gasteiger partial charge in [0.15, 0.2) is 0 Å². The van der Waals surface area contributed by atoms with Crippen LogP contribution in [0.3, 0.4) is 0 Å². The number of aryl methyl sites for hydroxylation is 1. The molecule has 66 valence electrons. The van der Waals surface area contributed by atoms with Crippen LogP contribution >= 0.6 is 22.6 Å². The van der Waals surface area contributed by atoms with E-state index >= 15 is 0 Å². The molecule has 0 fully saturated rings. The standard InChI is InChI=1S/C10H7FIN/c1-6-4-9(12)8-5-7(11)2-3-10(8)13-6/h2-5H,1H3. The molecule has 2 rings (SSSR count). The molecule has 2 aromatic rings. The second kappa shape index (κ2) is 3.21. The Hall–Kier alpha value is -0.710. The zero-order valence-electron chi connectivity index (χ0n) is 7.01. The van der Waals surface area contributed by atoms with Crippen LogP contribution in [0.1, 0.15) is 5.69 Å². The molecule has 0 unspecified atom stereocenters. The van der Waals surface area contributed by atoms with Gasteiger partial charge in [-0.1, -0.05) is 0 Å². The molecule has 1 aromatic carbocycles. The van der Waals surface area contributed by atoms with E-state index in [9.17, 15) is 4.39 Å². The summed E-state index contributed by atoms with van der Waals surface area (Å²) in [4.78, 5) is 4.31. The maximum Gasteiger partial charge on any atom is 0.123 e. The van der Waals surface area contributed by atoms with Gasteiger partial charge in [-0.25, -0.2) is 4.39 Å². The summed E-state index contributed by atoms with van der Waals surface area (Å²) in [5.41, 5.74) is 1.81. The third-order valence-electron chi connectivity index (χ3n) is 1.85. The molecule has 0 aliphatic carbocycles. The largest absolute Gasteiger partial charge is 0.253 e. The molecule has 0 saturated carbocycles. The molecule has 1 heterocycles. The van der Waals surface area contributed by atoms with Crippen molar-refractivity contribution in [3.63, 3.8) is 0 Å². The summed E-state index contributed by atoms with van der Waals surface area (Å²) in [7, 11) is 0. The molecule has 13 heavy (non-hydrogen) atoms. The van der Waals surface area contributed by atoms with E-state index in [1.54, 1.807) is 6.07 Å². The zero-order valence-corrected chi connectivity index (χ0v) is 9.17. The van der Waals surface area contributed by atoms with Crippen LogP contribution in [0.25, 0.3) is 10.9 Å². The van der Waals surface area contributed by atoms with Gasteiger partial charge in [-0.05, 0) is 53.8 Å². The number of aromatic nitrogens is 1. The Kier molecular flexibility index (Phi) is 2.19. The average molecular weight is 287 g/mol. The van der Waals surface area contributed by atoms with Gasteiger partial charge in [0, 0.05) is 14.7 Å². The molecule has 0 spiro atoms. The van der Waals surface area contributed by atoms with Crippen molar-refractivity contribution in [3.05, 3.63) is 39.3 Å². The fourth-order valence-electron chi connectivity index (χ4n) is 1.28. The van der Waals surface area contributed by atoms with E-state index in [0.717, 1.165) is 20.2 Å². The van der Waals surface area contributed by atoms with Crippen LogP contribution in [0.4, 0.5) is 4.39 Å². The van der Waals surface area contributed by atoms with Gasteiger partial charge in [-0.15, -0.1) is 0 Å². The Morgan fingerprint density at radius 3 is 2.85 bits per heavy atom. The third kappa shape index (κ3) is 1.65. The van der Waals surface area contributed by atoms with Crippen molar-refractivity contribution in [3.8, 4) is 0 Å². The van der Waals surface area contributed by atoms with Gasteiger partial charge in [-0.3, -0.25) is 4.98 Å². The van der Waals surface area contributed by atoms with Crippen molar-refractivity contribution in [1.29, 1.82) is 0 Å². The molecule has 3 heteroatoms. The number of hydrogen-bond acceptors (Lipinski definition) is 1. The molecule has 0 bridgehead atoms. The average Bonchev–Trinajstić information content (AvgIpc) is 2.06. The lowest BCUT2D eigenvalue weighted by molar-refractivity contribution is 0.629. The van der Waals surface area contributed by atoms with Crippen LogP contribution in [0.15, 0.2) is 24.3 Å². The SMILES string of the molecule is Cc1cc(I)c2cc(F)ccc2n1. The maximum atomic E-state index is 12.9. The Morgan fingerprint density at radius 2 is 2.08 bits per heavy atom. The molecule has 0 aliphatic rings. The summed E-state index contributed by atoms with van der Waals surface area (Å²) < 4.78 is 13.9. The predicted molar refractivity (Wildman–Crippen MR) is 59.2 cm³/mol. The molecule has 0 aliphatic heterocycles. The van der Waals surface area contributed by atoms with E-state index in [1.165, 1.54) is 12.1 Å². The van der Waals surface area contributed by atoms with E-state index < -0.39 is 0 Å². The van der Waals surface area contributed by atoms with Crippen LogP contribution in [-0.2, 0) is 0 Å². The first-order valence-electron chi connectivity index (χ1n) is 3.89. The quantitative estimate of drug-likeness (QED) is 0.678. The number of pyridine rings is 1. The summed E-state index contributed by atoms with van der Waals surface area (Å²) in [6.45, 7) is 1.94. The minimum absolute atomic E-state index is 0.212. The molecule has 0 amide bonds. The highest BCUT2D eigenvalue weighted by Crippen LogP contribution is 2.20. The van der Waals surface area contributed by atoms with Crippen molar-refractivity contribution >= 4 is 33.5 Å². The molecular formula is C10H7FIN. The summed E-state index contributed by atoms with van der Waals surface area (Å²) in [6.07, 6.45) is 0. The molecule has 0 radical (unpaired) electrons. The van der Waals surface area contributed by atoms with E-state index in [-0.39, 0.29) is 5.82 Å². The summed E-state index contributed by atoms with van der Waals surface area (Å²) in [5.74, 6) is -0.212. The Balaban J connectivity index is 2.87. The summed E-state index contributed by atoms with van der Waals surface area (Å²) >= 11 is 2.19. The lowest BCUT2D eigenvalue weighted by Gasteiger charge is -2.01. The smallest absolute Gasteiger partial charge is 0.123 e. The van der Waals surface area contributed by atoms with Crippen LogP contribution in [0.5, 0.6) is 0 Å². The van der Waals surface area contributed by atoms with Crippen LogP contribution in [-0.4, -0.2) is 4.98 Å². The minimum Gasteiger partial charge on any atom is -0.253 e. The third-order valence-corrected chi connectivity index (χ3v) is 2.74. The van der Waals surface area contributed by atoms with Crippen molar-refractivity contribution in [2.45, 2.75) is 6.92 Å². The number of halogens is 2. The van der Waals surface area contributed by atoms with Crippen molar-refractivity contribution in [2.75, 3.05) is 0 Å². The van der Waals surface area contributed by atoms with Gasteiger partial charge in [0.2, 0.25) is 0 Å². The Labute approximate surface area is 89.1 Å². The number of nitrogens with zero attached hydrogens (tertiary/aromatic N) is 1. The predicted octanol–water partition coefficient (Wildman–Crippen LogP) is 3.29. The lowest BCUT2D eigenvalue weighted by Crippen LogP contribution is -1.87. The van der Waals surface area contributed by atoms with Gasteiger partial charge >= 0.3 is 0 Å². The van der Waals surface area contributed by atoms with Crippen LogP contribution < -0.4 is 0 Å². The highest BCUT2D eigenvalue weighted by Gasteiger charge is 2.02. The van der Waals surface area contributed by atoms with Crippen LogP contribution in [0, 0.1) is 16.3 Å². The number of benzene rings is 1. The van der Waals surface area contributed by atoms with Crippen molar-refractivity contribution in [1.82, 2.24) is 4.98 Å². The normalized spacial score (nSPS) is 10.7. The lowest BCUT2D eigenvalue weighted by atomic mass is 10.2. The maximum absolute atomic E-state index is 12.9. The van der Waals surface area contributed by atoms with Crippen LogP contribution in [0.2, 0.25) is 0 Å². The first kappa shape index (κ1) is 8.87. The highest BCUT2D eigenvalue weighted by molar-refractivity contribution is 14.1. The first-order valence-corrected chi connectivity index (χ1v) is 4.97. The molecule has 0 N–H and O–H groups in total. The van der Waals surface area contributed by atoms with Crippen molar-refractivity contribution < 1.29 is 4.39 Å². The van der Waals surface area contributed by atoms with E-state index in [4.69, 9.17) is 0 Å². The molecule has 1 aromatic heterocycles. The van der Waals surface area contributed by atoms with Gasteiger partial charge < -0.3 is 0 Å². The van der Waals surface area contributed by atoms with Crippen molar-refractivity contribution in [2.24, 2.45) is 0 Å². The van der Waals surface area contributed by atoms with Gasteiger partial charge in [0.05, 0.1) is 5.52 Å². The monoisotopic (exact) mass is 287 g/mol. The molecular weight excluding hydrogens is 280 g/mol.